The van der Waals surface area contributed by atoms with Crippen molar-refractivity contribution in [1.29, 1.82) is 5.41 Å². The zero-order valence-electron chi connectivity index (χ0n) is 9.55. The SMILES string of the molecule is N=C(C=O)c1cc(-c2cncc(N)c2)ccc1N. The molecule has 0 atom stereocenters. The van der Waals surface area contributed by atoms with Crippen LogP contribution in [-0.4, -0.2) is 17.0 Å². The van der Waals surface area contributed by atoms with Crippen LogP contribution in [-0.2, 0) is 4.79 Å². The van der Waals surface area contributed by atoms with E-state index in [1.807, 2.05) is 0 Å². The summed E-state index contributed by atoms with van der Waals surface area (Å²) in [5.41, 5.74) is 14.2. The number of nitrogen functional groups attached to an aromatic ring is 2. The number of carbonyl (C=O) groups excluding carboxylic acids is 1. The van der Waals surface area contributed by atoms with Gasteiger partial charge in [-0.15, -0.1) is 0 Å². The van der Waals surface area contributed by atoms with Crippen molar-refractivity contribution in [2.45, 2.75) is 0 Å². The average Bonchev–Trinajstić information content (AvgIpc) is 2.38. The molecule has 1 heterocycles. The zero-order valence-corrected chi connectivity index (χ0v) is 9.55. The molecule has 5 heteroatoms. The van der Waals surface area contributed by atoms with Gasteiger partial charge in [0.1, 0.15) is 5.71 Å². The van der Waals surface area contributed by atoms with Gasteiger partial charge in [0.15, 0.2) is 6.29 Å². The van der Waals surface area contributed by atoms with Crippen molar-refractivity contribution in [2.24, 2.45) is 0 Å². The summed E-state index contributed by atoms with van der Waals surface area (Å²) in [4.78, 5) is 14.6. The number of nitrogens with one attached hydrogen (secondary N) is 1. The molecule has 0 aliphatic rings. The monoisotopic (exact) mass is 240 g/mol. The third-order valence-electron chi connectivity index (χ3n) is 2.55. The Hall–Kier alpha value is -2.69. The summed E-state index contributed by atoms with van der Waals surface area (Å²) in [6.07, 6.45) is 3.68. The third kappa shape index (κ3) is 2.20. The molecule has 1 aromatic carbocycles. The fourth-order valence-corrected chi connectivity index (χ4v) is 1.65. The van der Waals surface area contributed by atoms with Crippen molar-refractivity contribution in [3.05, 3.63) is 42.2 Å². The van der Waals surface area contributed by atoms with Crippen molar-refractivity contribution in [3.63, 3.8) is 0 Å². The molecule has 18 heavy (non-hydrogen) atoms. The number of hydrogen-bond acceptors (Lipinski definition) is 5. The Kier molecular flexibility index (Phi) is 3.05. The molecule has 5 nitrogen and oxygen atoms in total. The van der Waals surface area contributed by atoms with Gasteiger partial charge in [-0.1, -0.05) is 6.07 Å². The highest BCUT2D eigenvalue weighted by Gasteiger charge is 2.07. The van der Waals surface area contributed by atoms with Gasteiger partial charge < -0.3 is 11.5 Å². The standard InChI is InChI=1S/C13H12N4O/c14-10-3-9(5-17-6-10)8-1-2-12(15)11(4-8)13(16)7-18/h1-7,16H,14-15H2. The summed E-state index contributed by atoms with van der Waals surface area (Å²) in [6.45, 7) is 0. The van der Waals surface area contributed by atoms with Gasteiger partial charge in [-0.25, -0.2) is 0 Å². The number of pyridine rings is 1. The first-order valence-electron chi connectivity index (χ1n) is 5.26. The van der Waals surface area contributed by atoms with Gasteiger partial charge in [0, 0.05) is 29.2 Å². The van der Waals surface area contributed by atoms with E-state index in [0.717, 1.165) is 11.1 Å². The van der Waals surface area contributed by atoms with Crippen LogP contribution in [0.2, 0.25) is 0 Å². The molecular weight excluding hydrogens is 228 g/mol. The molecule has 2 aromatic rings. The topological polar surface area (TPSA) is 106 Å². The quantitative estimate of drug-likeness (QED) is 0.429. The molecule has 0 unspecified atom stereocenters. The highest BCUT2D eigenvalue weighted by molar-refractivity contribution is 6.36. The van der Waals surface area contributed by atoms with E-state index >= 15 is 0 Å². The fraction of sp³-hybridized carbons (Fsp3) is 0. The van der Waals surface area contributed by atoms with Crippen LogP contribution in [0.1, 0.15) is 5.56 Å². The second kappa shape index (κ2) is 4.67. The lowest BCUT2D eigenvalue weighted by Gasteiger charge is -2.07. The lowest BCUT2D eigenvalue weighted by atomic mass is 10.0. The first-order valence-corrected chi connectivity index (χ1v) is 5.26. The Morgan fingerprint density at radius 3 is 2.61 bits per heavy atom. The normalized spacial score (nSPS) is 10.0. The fourth-order valence-electron chi connectivity index (χ4n) is 1.65. The van der Waals surface area contributed by atoms with Crippen LogP contribution in [0, 0.1) is 5.41 Å². The molecule has 0 bridgehead atoms. The van der Waals surface area contributed by atoms with Gasteiger partial charge >= 0.3 is 0 Å². The predicted octanol–water partition coefficient (Wildman–Crippen LogP) is 1.48. The van der Waals surface area contributed by atoms with Gasteiger partial charge in [0.2, 0.25) is 0 Å². The second-order valence-corrected chi connectivity index (χ2v) is 3.84. The lowest BCUT2D eigenvalue weighted by molar-refractivity contribution is -0.102. The molecule has 1 aromatic heterocycles. The number of nitrogens with zero attached hydrogens (tertiary/aromatic N) is 1. The number of aromatic nitrogens is 1. The summed E-state index contributed by atoms with van der Waals surface area (Å²) < 4.78 is 0. The summed E-state index contributed by atoms with van der Waals surface area (Å²) in [5.74, 6) is 0. The van der Waals surface area contributed by atoms with E-state index in [1.54, 1.807) is 36.7 Å². The Morgan fingerprint density at radius 1 is 1.17 bits per heavy atom. The Morgan fingerprint density at radius 2 is 1.94 bits per heavy atom. The minimum atomic E-state index is -0.147. The number of hydrogen-bond donors (Lipinski definition) is 3. The number of anilines is 2. The summed E-state index contributed by atoms with van der Waals surface area (Å²) in [7, 11) is 0. The molecule has 90 valence electrons. The number of carbonyl (C=O) groups is 1. The van der Waals surface area contributed by atoms with Crippen LogP contribution in [0.4, 0.5) is 11.4 Å². The van der Waals surface area contributed by atoms with E-state index in [-0.39, 0.29) is 5.71 Å². The largest absolute Gasteiger partial charge is 0.398 e. The highest BCUT2D eigenvalue weighted by Crippen LogP contribution is 2.24. The third-order valence-corrected chi connectivity index (χ3v) is 2.55. The van der Waals surface area contributed by atoms with Crippen LogP contribution in [0.3, 0.4) is 0 Å². The molecule has 0 amide bonds. The van der Waals surface area contributed by atoms with E-state index < -0.39 is 0 Å². The van der Waals surface area contributed by atoms with Crippen molar-refractivity contribution in [1.82, 2.24) is 4.98 Å². The van der Waals surface area contributed by atoms with Crippen LogP contribution in [0.5, 0.6) is 0 Å². The number of nitrogens with two attached hydrogens (primary N) is 2. The van der Waals surface area contributed by atoms with Crippen molar-refractivity contribution >= 4 is 23.4 Å². The highest BCUT2D eigenvalue weighted by atomic mass is 16.1. The predicted molar refractivity (Wildman–Crippen MR) is 71.4 cm³/mol. The van der Waals surface area contributed by atoms with Crippen LogP contribution < -0.4 is 11.5 Å². The second-order valence-electron chi connectivity index (χ2n) is 3.84. The van der Waals surface area contributed by atoms with Crippen molar-refractivity contribution in [3.8, 4) is 11.1 Å². The molecule has 5 N–H and O–H groups in total. The van der Waals surface area contributed by atoms with E-state index in [0.29, 0.717) is 23.2 Å². The minimum absolute atomic E-state index is 0.147. The minimum Gasteiger partial charge on any atom is -0.398 e. The summed E-state index contributed by atoms with van der Waals surface area (Å²) in [6, 6.07) is 6.91. The molecule has 0 fully saturated rings. The summed E-state index contributed by atoms with van der Waals surface area (Å²) >= 11 is 0. The van der Waals surface area contributed by atoms with Gasteiger partial charge in [-0.2, -0.15) is 0 Å². The van der Waals surface area contributed by atoms with Crippen LogP contribution in [0.15, 0.2) is 36.7 Å². The van der Waals surface area contributed by atoms with E-state index in [2.05, 4.69) is 4.98 Å². The van der Waals surface area contributed by atoms with Crippen LogP contribution >= 0.6 is 0 Å². The van der Waals surface area contributed by atoms with E-state index in [9.17, 15) is 4.79 Å². The maximum atomic E-state index is 10.6. The molecule has 0 radical (unpaired) electrons. The smallest absolute Gasteiger partial charge is 0.168 e. The molecule has 0 spiro atoms. The summed E-state index contributed by atoms with van der Waals surface area (Å²) in [5, 5.41) is 7.53. The first-order chi connectivity index (χ1) is 8.61. The molecule has 0 saturated carbocycles. The molecule has 0 saturated heterocycles. The Balaban J connectivity index is 2.53. The van der Waals surface area contributed by atoms with Gasteiger partial charge in [-0.05, 0) is 23.8 Å². The maximum Gasteiger partial charge on any atom is 0.168 e. The molecule has 2 rings (SSSR count). The first kappa shape index (κ1) is 11.8. The number of aldehydes is 1. The Labute approximate surface area is 104 Å². The van der Waals surface area contributed by atoms with Crippen molar-refractivity contribution < 1.29 is 4.79 Å². The average molecular weight is 240 g/mol. The van der Waals surface area contributed by atoms with Gasteiger partial charge in [0.05, 0.1) is 5.69 Å². The Bertz CT molecular complexity index is 622. The van der Waals surface area contributed by atoms with E-state index in [1.165, 1.54) is 0 Å². The lowest BCUT2D eigenvalue weighted by Crippen LogP contribution is -2.04. The molecule has 0 aliphatic carbocycles. The van der Waals surface area contributed by atoms with Gasteiger partial charge in [0.25, 0.3) is 0 Å². The maximum absolute atomic E-state index is 10.6. The van der Waals surface area contributed by atoms with E-state index in [4.69, 9.17) is 16.9 Å². The van der Waals surface area contributed by atoms with Gasteiger partial charge in [-0.3, -0.25) is 15.2 Å². The number of rotatable bonds is 3. The number of benzene rings is 1. The zero-order chi connectivity index (χ0) is 13.1. The van der Waals surface area contributed by atoms with Crippen molar-refractivity contribution in [2.75, 3.05) is 11.5 Å². The molecule has 0 aliphatic heterocycles. The van der Waals surface area contributed by atoms with Crippen LogP contribution in [0.25, 0.3) is 11.1 Å². The molecular formula is C13H12N4O.